The molecule has 0 aliphatic heterocycles. The van der Waals surface area contributed by atoms with Crippen molar-refractivity contribution >= 4 is 17.6 Å². The maximum absolute atomic E-state index is 8.61. The molecule has 0 saturated heterocycles. The summed E-state index contributed by atoms with van der Waals surface area (Å²) in [6.45, 7) is 4.47. The summed E-state index contributed by atoms with van der Waals surface area (Å²) in [6.07, 6.45) is 1.24. The van der Waals surface area contributed by atoms with E-state index in [4.69, 9.17) is 10.9 Å². The van der Waals surface area contributed by atoms with Gasteiger partial charge in [-0.1, -0.05) is 37.2 Å². The van der Waals surface area contributed by atoms with Crippen LogP contribution in [0.1, 0.15) is 31.4 Å². The number of rotatable bonds is 6. The molecule has 1 aromatic rings. The van der Waals surface area contributed by atoms with Crippen LogP contribution in [0.25, 0.3) is 0 Å². The molecule has 0 aromatic heterocycles. The first-order valence-electron chi connectivity index (χ1n) is 5.78. The first kappa shape index (κ1) is 13.9. The van der Waals surface area contributed by atoms with Crippen LogP contribution < -0.4 is 5.73 Å². The van der Waals surface area contributed by atoms with Crippen molar-refractivity contribution in [2.24, 2.45) is 16.8 Å². The molecule has 17 heavy (non-hydrogen) atoms. The van der Waals surface area contributed by atoms with Crippen molar-refractivity contribution in [3.8, 4) is 0 Å². The van der Waals surface area contributed by atoms with Gasteiger partial charge in [0.2, 0.25) is 0 Å². The molecule has 1 rings (SSSR count). The van der Waals surface area contributed by atoms with Gasteiger partial charge in [0.1, 0.15) is 0 Å². The molecular weight excluding hydrogens is 232 g/mol. The zero-order valence-electron chi connectivity index (χ0n) is 10.4. The number of hydrogen-bond acceptors (Lipinski definition) is 3. The van der Waals surface area contributed by atoms with Crippen LogP contribution in [0.4, 0.5) is 0 Å². The lowest BCUT2D eigenvalue weighted by Crippen LogP contribution is -2.13. The molecular formula is C13H20N2OS. The third-order valence-corrected chi connectivity index (χ3v) is 3.50. The summed E-state index contributed by atoms with van der Waals surface area (Å²) >= 11 is 1.92. The molecule has 0 saturated carbocycles. The Morgan fingerprint density at radius 2 is 2.24 bits per heavy atom. The van der Waals surface area contributed by atoms with Gasteiger partial charge >= 0.3 is 0 Å². The Labute approximate surface area is 107 Å². The molecule has 0 spiro atoms. The van der Waals surface area contributed by atoms with Crippen LogP contribution in [0.5, 0.6) is 0 Å². The second-order valence-electron chi connectivity index (χ2n) is 4.42. The normalized spacial score (nSPS) is 12.1. The monoisotopic (exact) mass is 252 g/mol. The maximum atomic E-state index is 8.61. The standard InChI is InChI=1S/C13H20N2OS/c1-10(2)6-7-17-9-11-4-3-5-12(8-11)13(14)15-16/h3-5,8,10,16H,6-7,9H2,1-2H3,(H2,14,15). The van der Waals surface area contributed by atoms with Gasteiger partial charge in [-0.25, -0.2) is 0 Å². The van der Waals surface area contributed by atoms with Crippen molar-refractivity contribution in [3.05, 3.63) is 35.4 Å². The van der Waals surface area contributed by atoms with Crippen LogP contribution in [-0.4, -0.2) is 16.8 Å². The Hall–Kier alpha value is -1.16. The van der Waals surface area contributed by atoms with Crippen LogP contribution in [0, 0.1) is 5.92 Å². The lowest BCUT2D eigenvalue weighted by molar-refractivity contribution is 0.318. The molecule has 0 heterocycles. The number of thioether (sulfide) groups is 1. The molecule has 0 unspecified atom stereocenters. The molecule has 0 bridgehead atoms. The summed E-state index contributed by atoms with van der Waals surface area (Å²) in [7, 11) is 0. The molecule has 94 valence electrons. The van der Waals surface area contributed by atoms with Crippen molar-refractivity contribution in [2.45, 2.75) is 26.0 Å². The Bertz CT molecular complexity index is 377. The molecule has 0 fully saturated rings. The third-order valence-electron chi connectivity index (χ3n) is 2.44. The molecule has 3 N–H and O–H groups in total. The Morgan fingerprint density at radius 3 is 2.88 bits per heavy atom. The summed E-state index contributed by atoms with van der Waals surface area (Å²) < 4.78 is 0. The minimum Gasteiger partial charge on any atom is -0.409 e. The average Bonchev–Trinajstić information content (AvgIpc) is 2.34. The van der Waals surface area contributed by atoms with Gasteiger partial charge in [-0.3, -0.25) is 0 Å². The number of hydrogen-bond donors (Lipinski definition) is 2. The average molecular weight is 252 g/mol. The highest BCUT2D eigenvalue weighted by Gasteiger charge is 2.01. The van der Waals surface area contributed by atoms with Gasteiger partial charge in [-0.15, -0.1) is 0 Å². The van der Waals surface area contributed by atoms with Gasteiger partial charge in [0.25, 0.3) is 0 Å². The number of nitrogens with zero attached hydrogens (tertiary/aromatic N) is 1. The van der Waals surface area contributed by atoms with E-state index >= 15 is 0 Å². The lowest BCUT2D eigenvalue weighted by Gasteiger charge is -2.06. The fourth-order valence-corrected chi connectivity index (χ4v) is 2.58. The highest BCUT2D eigenvalue weighted by Crippen LogP contribution is 2.16. The van der Waals surface area contributed by atoms with E-state index in [1.807, 2.05) is 30.0 Å². The summed E-state index contributed by atoms with van der Waals surface area (Å²) in [6, 6.07) is 7.82. The largest absolute Gasteiger partial charge is 0.409 e. The molecule has 0 aliphatic rings. The fourth-order valence-electron chi connectivity index (χ4n) is 1.39. The van der Waals surface area contributed by atoms with Crippen molar-refractivity contribution in [2.75, 3.05) is 5.75 Å². The van der Waals surface area contributed by atoms with E-state index in [0.717, 1.165) is 17.2 Å². The summed E-state index contributed by atoms with van der Waals surface area (Å²) in [5, 5.41) is 11.6. The zero-order chi connectivity index (χ0) is 12.7. The van der Waals surface area contributed by atoms with Crippen molar-refractivity contribution in [3.63, 3.8) is 0 Å². The van der Waals surface area contributed by atoms with Crippen molar-refractivity contribution < 1.29 is 5.21 Å². The van der Waals surface area contributed by atoms with Gasteiger partial charge in [0, 0.05) is 11.3 Å². The van der Waals surface area contributed by atoms with E-state index in [2.05, 4.69) is 25.1 Å². The third kappa shape index (κ3) is 5.13. The van der Waals surface area contributed by atoms with Crippen molar-refractivity contribution in [1.29, 1.82) is 0 Å². The molecule has 0 aliphatic carbocycles. The van der Waals surface area contributed by atoms with Gasteiger partial charge in [0.05, 0.1) is 0 Å². The van der Waals surface area contributed by atoms with Gasteiger partial charge in [-0.05, 0) is 29.7 Å². The molecule has 1 aromatic carbocycles. The van der Waals surface area contributed by atoms with Crippen LogP contribution in [0.3, 0.4) is 0 Å². The Morgan fingerprint density at radius 1 is 1.47 bits per heavy atom. The SMILES string of the molecule is CC(C)CCSCc1cccc(/C(N)=N/O)c1. The highest BCUT2D eigenvalue weighted by molar-refractivity contribution is 7.98. The van der Waals surface area contributed by atoms with Gasteiger partial charge in [-0.2, -0.15) is 11.8 Å². The smallest absolute Gasteiger partial charge is 0.170 e. The van der Waals surface area contributed by atoms with Crippen LogP contribution in [0.2, 0.25) is 0 Å². The number of benzene rings is 1. The van der Waals surface area contributed by atoms with Gasteiger partial charge < -0.3 is 10.9 Å². The van der Waals surface area contributed by atoms with Gasteiger partial charge in [0.15, 0.2) is 5.84 Å². The lowest BCUT2D eigenvalue weighted by atomic mass is 10.1. The molecule has 3 nitrogen and oxygen atoms in total. The van der Waals surface area contributed by atoms with E-state index in [1.165, 1.54) is 17.7 Å². The van der Waals surface area contributed by atoms with Crippen molar-refractivity contribution in [1.82, 2.24) is 0 Å². The highest BCUT2D eigenvalue weighted by atomic mass is 32.2. The number of amidine groups is 1. The second kappa shape index (κ2) is 7.22. The Kier molecular flexibility index (Phi) is 5.91. The second-order valence-corrected chi connectivity index (χ2v) is 5.53. The first-order valence-corrected chi connectivity index (χ1v) is 6.93. The maximum Gasteiger partial charge on any atom is 0.170 e. The summed E-state index contributed by atoms with van der Waals surface area (Å²) in [4.78, 5) is 0. The van der Waals surface area contributed by atoms with E-state index < -0.39 is 0 Å². The number of oxime groups is 1. The fraction of sp³-hybridized carbons (Fsp3) is 0.462. The molecule has 4 heteroatoms. The minimum atomic E-state index is 0.166. The zero-order valence-corrected chi connectivity index (χ0v) is 11.2. The van der Waals surface area contributed by atoms with Crippen LogP contribution in [-0.2, 0) is 5.75 Å². The number of nitrogens with two attached hydrogens (primary N) is 1. The molecule has 0 amide bonds. The predicted molar refractivity (Wildman–Crippen MR) is 74.6 cm³/mol. The predicted octanol–water partition coefficient (Wildman–Crippen LogP) is 3.06. The quantitative estimate of drug-likeness (QED) is 0.269. The Balaban J connectivity index is 2.49. The topological polar surface area (TPSA) is 58.6 Å². The van der Waals surface area contributed by atoms with Crippen LogP contribution in [0.15, 0.2) is 29.4 Å². The van der Waals surface area contributed by atoms with E-state index in [1.54, 1.807) is 0 Å². The molecule has 0 atom stereocenters. The summed E-state index contributed by atoms with van der Waals surface area (Å²) in [5.74, 6) is 3.06. The van der Waals surface area contributed by atoms with E-state index in [0.29, 0.717) is 0 Å². The van der Waals surface area contributed by atoms with Crippen LogP contribution >= 0.6 is 11.8 Å². The van der Waals surface area contributed by atoms with E-state index in [9.17, 15) is 0 Å². The molecule has 0 radical (unpaired) electrons. The first-order chi connectivity index (χ1) is 8.13. The van der Waals surface area contributed by atoms with E-state index in [-0.39, 0.29) is 5.84 Å². The minimum absolute atomic E-state index is 0.166. The summed E-state index contributed by atoms with van der Waals surface area (Å²) in [5.41, 5.74) is 7.53.